The van der Waals surface area contributed by atoms with E-state index in [1.807, 2.05) is 67.6 Å². The molecule has 0 unspecified atom stereocenters. The number of hydrogen-bond acceptors (Lipinski definition) is 11. The molecule has 0 atom stereocenters. The minimum absolute atomic E-state index is 0. The van der Waals surface area contributed by atoms with Crippen LogP contribution < -0.4 is 0 Å². The van der Waals surface area contributed by atoms with E-state index in [-0.39, 0.29) is 34.3 Å². The van der Waals surface area contributed by atoms with Gasteiger partial charge in [-0.25, -0.2) is 0 Å². The lowest BCUT2D eigenvalue weighted by molar-refractivity contribution is -0.109. The average molecular weight is 867 g/mol. The van der Waals surface area contributed by atoms with Crippen LogP contribution in [0.15, 0.2) is 134 Å². The van der Waals surface area contributed by atoms with E-state index >= 15 is 0 Å². The van der Waals surface area contributed by atoms with Crippen LogP contribution in [-0.4, -0.2) is 60.1 Å². The Kier molecular flexibility index (Phi) is 28.0. The van der Waals surface area contributed by atoms with Crippen LogP contribution in [0.25, 0.3) is 9.81 Å². The van der Waals surface area contributed by atoms with Crippen LogP contribution in [0.3, 0.4) is 0 Å². The molecular weight excluding hydrogens is 813 g/mol. The Morgan fingerprint density at radius 3 is 1.18 bits per heavy atom. The van der Waals surface area contributed by atoms with Crippen molar-refractivity contribution in [2.45, 2.75) is 40.5 Å². The molecule has 4 aromatic rings. The molecule has 0 spiro atoms. The standard InChI is InChI=1S/C18H18O3S2.C18H18OS2.C8H14OS2.CH4/c1-13(14-3-7-16(19)8-4-14)22-11-2-12-23-18(21)15-5-9-17(20)10-6-15;1-15(16-9-4-2-5-10-16)20-13-8-14-21-18(19)17-11-6-3-7-12-17;1-7(2)10-5-4-6-11-8(3)9;/h3-10,19-20H,1-2,11-12H2;2-7,9-12H,1,8,13-14H2;1,4-6H2,2-3H3;1H4. The molecule has 2 N–H and O–H groups in total. The van der Waals surface area contributed by atoms with Gasteiger partial charge < -0.3 is 10.2 Å². The molecule has 0 aliphatic heterocycles. The van der Waals surface area contributed by atoms with Crippen molar-refractivity contribution in [1.82, 2.24) is 0 Å². The number of phenols is 2. The van der Waals surface area contributed by atoms with E-state index in [9.17, 15) is 24.6 Å². The summed E-state index contributed by atoms with van der Waals surface area (Å²) in [4.78, 5) is 37.5. The van der Waals surface area contributed by atoms with Crippen LogP contribution >= 0.6 is 70.6 Å². The fourth-order valence-electron chi connectivity index (χ4n) is 4.14. The molecule has 0 bridgehead atoms. The number of thioether (sulfide) groups is 6. The number of carbonyl (C=O) groups excluding carboxylic acids is 3. The van der Waals surface area contributed by atoms with E-state index in [0.29, 0.717) is 5.56 Å². The molecule has 4 rings (SSSR count). The van der Waals surface area contributed by atoms with Gasteiger partial charge in [0.15, 0.2) is 5.12 Å². The van der Waals surface area contributed by atoms with E-state index in [2.05, 4.69) is 31.9 Å². The number of benzene rings is 4. The van der Waals surface area contributed by atoms with Gasteiger partial charge in [0, 0.05) is 45.1 Å². The van der Waals surface area contributed by atoms with Crippen LogP contribution in [-0.2, 0) is 4.79 Å². The number of rotatable bonds is 19. The molecule has 300 valence electrons. The highest BCUT2D eigenvalue weighted by atomic mass is 32.2. The van der Waals surface area contributed by atoms with Crippen molar-refractivity contribution >= 4 is 95.7 Å². The lowest BCUT2D eigenvalue weighted by atomic mass is 10.2. The summed E-state index contributed by atoms with van der Waals surface area (Å²) in [6.07, 6.45) is 2.98. The second kappa shape index (κ2) is 30.9. The molecule has 0 aliphatic rings. The van der Waals surface area contributed by atoms with E-state index in [1.165, 1.54) is 53.0 Å². The Morgan fingerprint density at radius 2 is 0.768 bits per heavy atom. The van der Waals surface area contributed by atoms with Crippen molar-refractivity contribution in [2.75, 3.05) is 34.5 Å². The van der Waals surface area contributed by atoms with Gasteiger partial charge in [-0.3, -0.25) is 14.4 Å². The quantitative estimate of drug-likeness (QED) is 0.0883. The Labute approximate surface area is 360 Å². The number of aromatic hydroxyl groups is 2. The zero-order valence-corrected chi connectivity index (χ0v) is 36.3. The zero-order chi connectivity index (χ0) is 40.3. The normalized spacial score (nSPS) is 10.0. The van der Waals surface area contributed by atoms with Gasteiger partial charge in [0.2, 0.25) is 10.2 Å². The Balaban J connectivity index is 0.000000442. The van der Waals surface area contributed by atoms with E-state index in [0.717, 1.165) is 79.6 Å². The van der Waals surface area contributed by atoms with Gasteiger partial charge in [0.1, 0.15) is 11.5 Å². The van der Waals surface area contributed by atoms with Crippen molar-refractivity contribution in [3.05, 3.63) is 156 Å². The van der Waals surface area contributed by atoms with E-state index < -0.39 is 0 Å². The maximum absolute atomic E-state index is 11.9. The van der Waals surface area contributed by atoms with Gasteiger partial charge in [-0.05, 0) is 95.9 Å². The van der Waals surface area contributed by atoms with Crippen LogP contribution in [0, 0.1) is 0 Å². The van der Waals surface area contributed by atoms with Gasteiger partial charge in [0.25, 0.3) is 0 Å². The number of phenolic OH excluding ortho intramolecular Hbond substituents is 2. The molecule has 4 aromatic carbocycles. The van der Waals surface area contributed by atoms with Crippen LogP contribution in [0.5, 0.6) is 11.5 Å². The van der Waals surface area contributed by atoms with Gasteiger partial charge in [-0.15, -0.1) is 35.3 Å². The minimum atomic E-state index is 0. The van der Waals surface area contributed by atoms with Crippen LogP contribution in [0.1, 0.15) is 72.4 Å². The van der Waals surface area contributed by atoms with Crippen molar-refractivity contribution in [3.8, 4) is 11.5 Å². The molecule has 0 saturated carbocycles. The summed E-state index contributed by atoms with van der Waals surface area (Å²) in [5.74, 6) is 5.90. The summed E-state index contributed by atoms with van der Waals surface area (Å²) in [6, 6.07) is 32.9. The van der Waals surface area contributed by atoms with Crippen LogP contribution in [0.2, 0.25) is 0 Å². The van der Waals surface area contributed by atoms with Crippen molar-refractivity contribution in [1.29, 1.82) is 0 Å². The van der Waals surface area contributed by atoms with E-state index in [4.69, 9.17) is 0 Å². The number of hydrogen-bond donors (Lipinski definition) is 2. The first-order valence-electron chi connectivity index (χ1n) is 17.5. The molecule has 0 amide bonds. The summed E-state index contributed by atoms with van der Waals surface area (Å²) in [5, 5.41) is 18.9. The Bertz CT molecular complexity index is 1630. The first kappa shape index (κ1) is 50.8. The molecule has 0 saturated heterocycles. The number of carbonyl (C=O) groups is 3. The molecule has 0 heterocycles. The van der Waals surface area contributed by atoms with Crippen molar-refractivity contribution in [2.24, 2.45) is 0 Å². The molecule has 0 aliphatic carbocycles. The maximum atomic E-state index is 11.9. The Hall–Kier alpha value is -3.19. The van der Waals surface area contributed by atoms with Crippen molar-refractivity contribution < 1.29 is 24.6 Å². The predicted octanol–water partition coefficient (Wildman–Crippen LogP) is 13.7. The summed E-state index contributed by atoms with van der Waals surface area (Å²) in [7, 11) is 0. The highest BCUT2D eigenvalue weighted by molar-refractivity contribution is 8.14. The lowest BCUT2D eigenvalue weighted by Gasteiger charge is -2.06. The fraction of sp³-hybridized carbons (Fsp3) is 0.267. The molecule has 11 heteroatoms. The average Bonchev–Trinajstić information content (AvgIpc) is 3.18. The maximum Gasteiger partial charge on any atom is 0.219 e. The van der Waals surface area contributed by atoms with Gasteiger partial charge >= 0.3 is 0 Å². The zero-order valence-electron chi connectivity index (χ0n) is 31.4. The molecule has 0 aromatic heterocycles. The third-order valence-corrected chi connectivity index (χ3v) is 13.0. The molecule has 0 fully saturated rings. The molecule has 5 nitrogen and oxygen atoms in total. The second-order valence-corrected chi connectivity index (χ2v) is 18.8. The first-order valence-corrected chi connectivity index (χ1v) is 23.5. The summed E-state index contributed by atoms with van der Waals surface area (Å²) in [5.41, 5.74) is 3.56. The van der Waals surface area contributed by atoms with Gasteiger partial charge in [0.05, 0.1) is 0 Å². The minimum Gasteiger partial charge on any atom is -0.508 e. The third kappa shape index (κ3) is 23.8. The molecule has 56 heavy (non-hydrogen) atoms. The Morgan fingerprint density at radius 1 is 0.446 bits per heavy atom. The van der Waals surface area contributed by atoms with Crippen molar-refractivity contribution in [3.63, 3.8) is 0 Å². The summed E-state index contributed by atoms with van der Waals surface area (Å²) in [6.45, 7) is 15.5. The highest BCUT2D eigenvalue weighted by Crippen LogP contribution is 2.28. The van der Waals surface area contributed by atoms with Gasteiger partial charge in [-0.2, -0.15) is 0 Å². The van der Waals surface area contributed by atoms with E-state index in [1.54, 1.807) is 66.5 Å². The third-order valence-electron chi connectivity index (χ3n) is 6.94. The molecule has 0 radical (unpaired) electrons. The lowest BCUT2D eigenvalue weighted by Crippen LogP contribution is -1.95. The SMILES string of the molecule is C.C=C(C)SCCCSC(C)=O.C=C(SCCCSC(=O)c1ccc(O)cc1)c1ccc(O)cc1.C=C(SCCCSC(=O)c1ccccc1)c1ccccc1. The summed E-state index contributed by atoms with van der Waals surface area (Å²) < 4.78 is 0. The monoisotopic (exact) mass is 866 g/mol. The largest absolute Gasteiger partial charge is 0.508 e. The second-order valence-electron chi connectivity index (χ2n) is 11.6. The number of allylic oxidation sites excluding steroid dienone is 1. The topological polar surface area (TPSA) is 91.7 Å². The predicted molar refractivity (Wildman–Crippen MR) is 257 cm³/mol. The first-order chi connectivity index (χ1) is 26.5. The highest BCUT2D eigenvalue weighted by Gasteiger charge is 2.08. The molecular formula is C45H54O5S6. The fourth-order valence-corrected chi connectivity index (χ4v) is 9.13. The van der Waals surface area contributed by atoms with Crippen LogP contribution in [0.4, 0.5) is 0 Å². The van der Waals surface area contributed by atoms with Gasteiger partial charge in [-0.1, -0.05) is 135 Å². The summed E-state index contributed by atoms with van der Waals surface area (Å²) >= 11 is 9.26. The smallest absolute Gasteiger partial charge is 0.219 e.